The van der Waals surface area contributed by atoms with E-state index in [0.717, 1.165) is 18.9 Å². The summed E-state index contributed by atoms with van der Waals surface area (Å²) in [6.07, 6.45) is -1.22. The van der Waals surface area contributed by atoms with Gasteiger partial charge in [0.2, 0.25) is 0 Å². The fourth-order valence-corrected chi connectivity index (χ4v) is 1.60. The zero-order valence-corrected chi connectivity index (χ0v) is 7.96. The molecule has 82 valence electrons. The van der Waals surface area contributed by atoms with E-state index in [1.807, 2.05) is 0 Å². The fourth-order valence-electron chi connectivity index (χ4n) is 1.60. The van der Waals surface area contributed by atoms with Crippen LogP contribution in [-0.2, 0) is 6.18 Å². The summed E-state index contributed by atoms with van der Waals surface area (Å²) >= 11 is 0. The summed E-state index contributed by atoms with van der Waals surface area (Å²) < 4.78 is 37.8. The molecule has 2 N–H and O–H groups in total. The summed E-state index contributed by atoms with van der Waals surface area (Å²) in [6.45, 7) is 0. The SMILES string of the molecule is NC(c1ncccc1C(F)(F)F)C1CC1. The molecule has 5 heteroatoms. The Bertz CT molecular complexity index is 358. The Labute approximate surface area is 85.3 Å². The van der Waals surface area contributed by atoms with Crippen LogP contribution in [0.4, 0.5) is 13.2 Å². The van der Waals surface area contributed by atoms with Gasteiger partial charge in [-0.3, -0.25) is 4.98 Å². The van der Waals surface area contributed by atoms with E-state index < -0.39 is 17.8 Å². The number of aromatic nitrogens is 1. The number of alkyl halides is 3. The molecule has 2 rings (SSSR count). The molecule has 2 nitrogen and oxygen atoms in total. The van der Waals surface area contributed by atoms with Crippen LogP contribution >= 0.6 is 0 Å². The Balaban J connectivity index is 2.37. The average Bonchev–Trinajstić information content (AvgIpc) is 2.98. The molecule has 1 atom stereocenters. The maximum Gasteiger partial charge on any atom is 0.418 e. The van der Waals surface area contributed by atoms with Crippen LogP contribution in [0.15, 0.2) is 18.3 Å². The minimum absolute atomic E-state index is 0.0208. The Kier molecular flexibility index (Phi) is 2.42. The van der Waals surface area contributed by atoms with Crippen LogP contribution in [0.2, 0.25) is 0 Å². The second-order valence-corrected chi connectivity index (χ2v) is 3.80. The molecule has 0 spiro atoms. The first-order valence-corrected chi connectivity index (χ1v) is 4.78. The number of hydrogen-bond acceptors (Lipinski definition) is 2. The van der Waals surface area contributed by atoms with Crippen molar-refractivity contribution in [2.45, 2.75) is 25.1 Å². The Morgan fingerprint density at radius 3 is 2.60 bits per heavy atom. The van der Waals surface area contributed by atoms with E-state index in [0.29, 0.717) is 0 Å². The lowest BCUT2D eigenvalue weighted by molar-refractivity contribution is -0.138. The molecule has 0 radical (unpaired) electrons. The van der Waals surface area contributed by atoms with E-state index in [4.69, 9.17) is 5.73 Å². The quantitative estimate of drug-likeness (QED) is 0.824. The largest absolute Gasteiger partial charge is 0.418 e. The van der Waals surface area contributed by atoms with Gasteiger partial charge in [-0.05, 0) is 30.9 Å². The lowest BCUT2D eigenvalue weighted by atomic mass is 10.0. The van der Waals surface area contributed by atoms with Gasteiger partial charge in [-0.15, -0.1) is 0 Å². The molecule has 1 heterocycles. The maximum absolute atomic E-state index is 12.6. The van der Waals surface area contributed by atoms with Crippen molar-refractivity contribution in [3.8, 4) is 0 Å². The van der Waals surface area contributed by atoms with Gasteiger partial charge >= 0.3 is 6.18 Å². The molecular formula is C10H11F3N2. The van der Waals surface area contributed by atoms with E-state index in [1.54, 1.807) is 0 Å². The predicted molar refractivity (Wildman–Crippen MR) is 48.9 cm³/mol. The Morgan fingerprint density at radius 1 is 1.40 bits per heavy atom. The van der Waals surface area contributed by atoms with Crippen LogP contribution < -0.4 is 5.73 Å². The van der Waals surface area contributed by atoms with Crippen molar-refractivity contribution < 1.29 is 13.2 Å². The van der Waals surface area contributed by atoms with E-state index >= 15 is 0 Å². The summed E-state index contributed by atoms with van der Waals surface area (Å²) in [5.41, 5.74) is 5.01. The zero-order chi connectivity index (χ0) is 11.1. The highest BCUT2D eigenvalue weighted by atomic mass is 19.4. The van der Waals surface area contributed by atoms with Crippen LogP contribution in [0.3, 0.4) is 0 Å². The molecule has 1 unspecified atom stereocenters. The third kappa shape index (κ3) is 2.12. The first-order chi connectivity index (χ1) is 7.00. The first-order valence-electron chi connectivity index (χ1n) is 4.78. The molecule has 1 fully saturated rings. The lowest BCUT2D eigenvalue weighted by Crippen LogP contribution is -2.20. The van der Waals surface area contributed by atoms with E-state index in [9.17, 15) is 13.2 Å². The van der Waals surface area contributed by atoms with Gasteiger partial charge < -0.3 is 5.73 Å². The molecule has 1 aliphatic carbocycles. The van der Waals surface area contributed by atoms with Crippen molar-refractivity contribution in [2.75, 3.05) is 0 Å². The van der Waals surface area contributed by atoms with Crippen molar-refractivity contribution in [2.24, 2.45) is 11.7 Å². The van der Waals surface area contributed by atoms with Crippen molar-refractivity contribution in [3.63, 3.8) is 0 Å². The van der Waals surface area contributed by atoms with Gasteiger partial charge in [-0.25, -0.2) is 0 Å². The monoisotopic (exact) mass is 216 g/mol. The third-order valence-electron chi connectivity index (χ3n) is 2.59. The minimum Gasteiger partial charge on any atom is -0.322 e. The van der Waals surface area contributed by atoms with Crippen LogP contribution in [0.1, 0.15) is 30.1 Å². The number of nitrogens with two attached hydrogens (primary N) is 1. The van der Waals surface area contributed by atoms with Crippen molar-refractivity contribution in [1.82, 2.24) is 4.98 Å². The van der Waals surface area contributed by atoms with Gasteiger partial charge in [0.1, 0.15) is 0 Å². The van der Waals surface area contributed by atoms with Crippen LogP contribution in [0.25, 0.3) is 0 Å². The minimum atomic E-state index is -4.36. The highest BCUT2D eigenvalue weighted by Crippen LogP contribution is 2.42. The molecule has 1 saturated carbocycles. The Hall–Kier alpha value is -1.10. The molecule has 0 aliphatic heterocycles. The predicted octanol–water partition coefficient (Wildman–Crippen LogP) is 2.51. The number of hydrogen-bond donors (Lipinski definition) is 1. The zero-order valence-electron chi connectivity index (χ0n) is 7.96. The lowest BCUT2D eigenvalue weighted by Gasteiger charge is -2.16. The standard InChI is InChI=1S/C10H11F3N2/c11-10(12,13)7-2-1-5-15-9(7)8(14)6-3-4-6/h1-2,5-6,8H,3-4,14H2. The highest BCUT2D eigenvalue weighted by Gasteiger charge is 2.39. The van der Waals surface area contributed by atoms with Gasteiger partial charge in [0.25, 0.3) is 0 Å². The average molecular weight is 216 g/mol. The number of halogens is 3. The smallest absolute Gasteiger partial charge is 0.322 e. The maximum atomic E-state index is 12.6. The van der Waals surface area contributed by atoms with Crippen LogP contribution in [0.5, 0.6) is 0 Å². The third-order valence-corrected chi connectivity index (χ3v) is 2.59. The van der Waals surface area contributed by atoms with Crippen LogP contribution in [-0.4, -0.2) is 4.98 Å². The number of pyridine rings is 1. The number of rotatable bonds is 2. The molecule has 0 amide bonds. The molecule has 1 aromatic heterocycles. The normalized spacial score (nSPS) is 18.9. The van der Waals surface area contributed by atoms with Gasteiger partial charge in [-0.1, -0.05) is 0 Å². The van der Waals surface area contributed by atoms with E-state index in [2.05, 4.69) is 4.98 Å². The molecule has 0 bridgehead atoms. The summed E-state index contributed by atoms with van der Waals surface area (Å²) in [7, 11) is 0. The summed E-state index contributed by atoms with van der Waals surface area (Å²) in [6, 6.07) is 1.74. The number of nitrogens with zero attached hydrogens (tertiary/aromatic N) is 1. The first kappa shape index (κ1) is 10.4. The fraction of sp³-hybridized carbons (Fsp3) is 0.500. The van der Waals surface area contributed by atoms with Gasteiger partial charge in [0.15, 0.2) is 0 Å². The van der Waals surface area contributed by atoms with Crippen molar-refractivity contribution in [3.05, 3.63) is 29.6 Å². The summed E-state index contributed by atoms with van der Waals surface area (Å²) in [5, 5.41) is 0. The van der Waals surface area contributed by atoms with Gasteiger partial charge in [0.05, 0.1) is 17.3 Å². The molecule has 1 aromatic rings. The molecule has 0 aromatic carbocycles. The topological polar surface area (TPSA) is 38.9 Å². The van der Waals surface area contributed by atoms with Gasteiger partial charge in [0, 0.05) is 6.20 Å². The van der Waals surface area contributed by atoms with Crippen LogP contribution in [0, 0.1) is 5.92 Å². The van der Waals surface area contributed by atoms with Crippen molar-refractivity contribution in [1.29, 1.82) is 0 Å². The molecular weight excluding hydrogens is 205 g/mol. The Morgan fingerprint density at radius 2 is 2.07 bits per heavy atom. The molecule has 0 saturated heterocycles. The molecule has 15 heavy (non-hydrogen) atoms. The second kappa shape index (κ2) is 3.48. The highest BCUT2D eigenvalue weighted by molar-refractivity contribution is 5.26. The van der Waals surface area contributed by atoms with Gasteiger partial charge in [-0.2, -0.15) is 13.2 Å². The van der Waals surface area contributed by atoms with E-state index in [1.165, 1.54) is 12.3 Å². The molecule has 1 aliphatic rings. The summed E-state index contributed by atoms with van der Waals surface area (Å²) in [4.78, 5) is 3.76. The second-order valence-electron chi connectivity index (χ2n) is 3.80. The van der Waals surface area contributed by atoms with E-state index in [-0.39, 0.29) is 11.6 Å². The van der Waals surface area contributed by atoms with Crippen molar-refractivity contribution >= 4 is 0 Å². The summed E-state index contributed by atoms with van der Waals surface area (Å²) in [5.74, 6) is 0.168.